The van der Waals surface area contributed by atoms with Gasteiger partial charge in [0.1, 0.15) is 6.04 Å². The molecule has 0 radical (unpaired) electrons. The lowest BCUT2D eigenvalue weighted by Gasteiger charge is -2.35. The molecule has 8 nitrogen and oxygen atoms in total. The van der Waals surface area contributed by atoms with E-state index in [1.807, 2.05) is 4.90 Å². The van der Waals surface area contributed by atoms with Gasteiger partial charge in [-0.3, -0.25) is 0 Å². The van der Waals surface area contributed by atoms with Gasteiger partial charge in [0.15, 0.2) is 0 Å². The Hall–Kier alpha value is -2.38. The first kappa shape index (κ1) is 15.0. The van der Waals surface area contributed by atoms with Gasteiger partial charge < -0.3 is 20.2 Å². The monoisotopic (exact) mass is 293 g/mol. The molecule has 0 unspecified atom stereocenters. The summed E-state index contributed by atoms with van der Waals surface area (Å²) in [5.41, 5.74) is 0. The van der Waals surface area contributed by atoms with E-state index < -0.39 is 12.0 Å². The standard InChI is InChI=1S/C13H19N5O3/c1-2-10(11(19)20)16-13(21)18-8-6-17(7-9-18)12-14-4-3-5-15-12/h3-5,10H,2,6-9H2,1H3,(H,16,21)(H,19,20)/t10-/m0/s1. The third kappa shape index (κ3) is 3.80. The molecule has 2 amide bonds. The molecule has 0 aliphatic carbocycles. The number of urea groups is 1. The highest BCUT2D eigenvalue weighted by Crippen LogP contribution is 2.09. The number of nitrogens with zero attached hydrogens (tertiary/aromatic N) is 4. The fraction of sp³-hybridized carbons (Fsp3) is 0.538. The van der Waals surface area contributed by atoms with Crippen LogP contribution in [0.3, 0.4) is 0 Å². The minimum absolute atomic E-state index is 0.335. The van der Waals surface area contributed by atoms with Gasteiger partial charge in [-0.2, -0.15) is 0 Å². The van der Waals surface area contributed by atoms with Crippen molar-refractivity contribution in [3.63, 3.8) is 0 Å². The molecular weight excluding hydrogens is 274 g/mol. The maximum Gasteiger partial charge on any atom is 0.326 e. The number of amides is 2. The maximum atomic E-state index is 12.0. The number of hydrogen-bond donors (Lipinski definition) is 2. The van der Waals surface area contributed by atoms with Gasteiger partial charge in [-0.05, 0) is 12.5 Å². The smallest absolute Gasteiger partial charge is 0.326 e. The van der Waals surface area contributed by atoms with E-state index in [1.54, 1.807) is 30.3 Å². The molecule has 1 aliphatic heterocycles. The largest absolute Gasteiger partial charge is 0.480 e. The van der Waals surface area contributed by atoms with E-state index in [-0.39, 0.29) is 6.03 Å². The Bertz CT molecular complexity index is 488. The second-order valence-corrected chi connectivity index (χ2v) is 4.77. The Morgan fingerprint density at radius 2 is 1.90 bits per heavy atom. The number of carboxylic acid groups (broad SMARTS) is 1. The van der Waals surface area contributed by atoms with Crippen LogP contribution in [0.1, 0.15) is 13.3 Å². The van der Waals surface area contributed by atoms with Crippen molar-refractivity contribution in [2.45, 2.75) is 19.4 Å². The summed E-state index contributed by atoms with van der Waals surface area (Å²) in [7, 11) is 0. The first-order chi connectivity index (χ1) is 10.1. The van der Waals surface area contributed by atoms with Crippen LogP contribution in [-0.2, 0) is 4.79 Å². The second kappa shape index (κ2) is 6.87. The first-order valence-electron chi connectivity index (χ1n) is 6.92. The van der Waals surface area contributed by atoms with Crippen molar-refractivity contribution in [2.24, 2.45) is 0 Å². The number of aliphatic carboxylic acids is 1. The zero-order chi connectivity index (χ0) is 15.2. The van der Waals surface area contributed by atoms with Crippen LogP contribution < -0.4 is 10.2 Å². The van der Waals surface area contributed by atoms with Gasteiger partial charge >= 0.3 is 12.0 Å². The van der Waals surface area contributed by atoms with Crippen molar-refractivity contribution in [1.29, 1.82) is 0 Å². The molecule has 8 heteroatoms. The lowest BCUT2D eigenvalue weighted by molar-refractivity contribution is -0.139. The molecule has 2 heterocycles. The summed E-state index contributed by atoms with van der Waals surface area (Å²) in [5.74, 6) is -0.364. The Balaban J connectivity index is 1.86. The lowest BCUT2D eigenvalue weighted by Crippen LogP contribution is -2.54. The predicted octanol–water partition coefficient (Wildman–Crippen LogP) is 0.171. The zero-order valence-corrected chi connectivity index (χ0v) is 11.9. The summed E-state index contributed by atoms with van der Waals surface area (Å²) in [6.07, 6.45) is 3.72. The molecule has 114 valence electrons. The van der Waals surface area contributed by atoms with Gasteiger partial charge in [0.25, 0.3) is 0 Å². The van der Waals surface area contributed by atoms with Crippen molar-refractivity contribution < 1.29 is 14.7 Å². The number of hydrogen-bond acceptors (Lipinski definition) is 5. The summed E-state index contributed by atoms with van der Waals surface area (Å²) in [6, 6.07) is 0.579. The van der Waals surface area contributed by atoms with E-state index in [9.17, 15) is 9.59 Å². The van der Waals surface area contributed by atoms with Crippen molar-refractivity contribution in [3.05, 3.63) is 18.5 Å². The average molecular weight is 293 g/mol. The molecule has 2 rings (SSSR count). The topological polar surface area (TPSA) is 98.7 Å². The van der Waals surface area contributed by atoms with Crippen LogP contribution in [0.25, 0.3) is 0 Å². The molecule has 1 atom stereocenters. The van der Waals surface area contributed by atoms with Crippen LogP contribution in [0.5, 0.6) is 0 Å². The molecule has 1 aliphatic rings. The molecule has 1 aromatic rings. The summed E-state index contributed by atoms with van der Waals surface area (Å²) < 4.78 is 0. The minimum Gasteiger partial charge on any atom is -0.480 e. The third-order valence-electron chi connectivity index (χ3n) is 3.41. The maximum absolute atomic E-state index is 12.0. The molecule has 0 spiro atoms. The highest BCUT2D eigenvalue weighted by molar-refractivity contribution is 5.82. The van der Waals surface area contributed by atoms with Crippen LogP contribution in [0.4, 0.5) is 10.7 Å². The summed E-state index contributed by atoms with van der Waals surface area (Å²) in [6.45, 7) is 4.01. The van der Waals surface area contributed by atoms with E-state index in [0.29, 0.717) is 38.5 Å². The van der Waals surface area contributed by atoms with E-state index >= 15 is 0 Å². The van der Waals surface area contributed by atoms with Crippen molar-refractivity contribution in [1.82, 2.24) is 20.2 Å². The summed E-state index contributed by atoms with van der Waals surface area (Å²) >= 11 is 0. The Morgan fingerprint density at radius 1 is 1.29 bits per heavy atom. The first-order valence-corrected chi connectivity index (χ1v) is 6.92. The molecule has 0 aromatic carbocycles. The number of carbonyl (C=O) groups excluding carboxylic acids is 1. The van der Waals surface area contributed by atoms with Gasteiger partial charge in [0.2, 0.25) is 5.95 Å². The minimum atomic E-state index is -1.01. The predicted molar refractivity (Wildman–Crippen MR) is 76.1 cm³/mol. The van der Waals surface area contributed by atoms with E-state index in [1.165, 1.54) is 0 Å². The van der Waals surface area contributed by atoms with E-state index in [0.717, 1.165) is 0 Å². The molecule has 2 N–H and O–H groups in total. The molecule has 0 saturated carbocycles. The number of nitrogens with one attached hydrogen (secondary N) is 1. The molecule has 1 aromatic heterocycles. The van der Waals surface area contributed by atoms with Gasteiger partial charge in [-0.1, -0.05) is 6.92 Å². The van der Waals surface area contributed by atoms with Crippen LogP contribution in [0.2, 0.25) is 0 Å². The van der Waals surface area contributed by atoms with Gasteiger partial charge in [0, 0.05) is 38.6 Å². The number of piperazine rings is 1. The summed E-state index contributed by atoms with van der Waals surface area (Å²) in [5, 5.41) is 11.5. The van der Waals surface area contributed by atoms with Gasteiger partial charge in [-0.25, -0.2) is 19.6 Å². The Morgan fingerprint density at radius 3 is 2.43 bits per heavy atom. The molecule has 1 fully saturated rings. The second-order valence-electron chi connectivity index (χ2n) is 4.77. The van der Waals surface area contributed by atoms with Crippen LogP contribution in [0.15, 0.2) is 18.5 Å². The third-order valence-corrected chi connectivity index (χ3v) is 3.41. The van der Waals surface area contributed by atoms with Crippen molar-refractivity contribution in [3.8, 4) is 0 Å². The fourth-order valence-electron chi connectivity index (χ4n) is 2.14. The van der Waals surface area contributed by atoms with E-state index in [2.05, 4.69) is 15.3 Å². The number of anilines is 1. The van der Waals surface area contributed by atoms with Gasteiger partial charge in [-0.15, -0.1) is 0 Å². The SMILES string of the molecule is CC[C@H](NC(=O)N1CCN(c2ncccn2)CC1)C(=O)O. The number of carbonyl (C=O) groups is 2. The van der Waals surface area contributed by atoms with Crippen LogP contribution in [0, 0.1) is 0 Å². The van der Waals surface area contributed by atoms with Crippen molar-refractivity contribution >= 4 is 17.9 Å². The van der Waals surface area contributed by atoms with Crippen molar-refractivity contribution in [2.75, 3.05) is 31.1 Å². The number of aromatic nitrogens is 2. The van der Waals surface area contributed by atoms with E-state index in [4.69, 9.17) is 5.11 Å². The highest BCUT2D eigenvalue weighted by Gasteiger charge is 2.25. The fourth-order valence-corrected chi connectivity index (χ4v) is 2.14. The molecule has 1 saturated heterocycles. The number of carboxylic acids is 1. The number of rotatable bonds is 4. The zero-order valence-electron chi connectivity index (χ0n) is 11.9. The lowest BCUT2D eigenvalue weighted by atomic mass is 10.2. The molecule has 0 bridgehead atoms. The average Bonchev–Trinajstić information content (AvgIpc) is 2.53. The molecule has 21 heavy (non-hydrogen) atoms. The van der Waals surface area contributed by atoms with Gasteiger partial charge in [0.05, 0.1) is 0 Å². The Kier molecular flexibility index (Phi) is 4.91. The highest BCUT2D eigenvalue weighted by atomic mass is 16.4. The normalized spacial score (nSPS) is 16.4. The molecular formula is C13H19N5O3. The Labute approximate surface area is 122 Å². The summed E-state index contributed by atoms with van der Waals surface area (Å²) in [4.78, 5) is 34.9. The quantitative estimate of drug-likeness (QED) is 0.821. The van der Waals surface area contributed by atoms with Crippen LogP contribution >= 0.6 is 0 Å². The van der Waals surface area contributed by atoms with Crippen LogP contribution in [-0.4, -0.2) is 64.2 Å².